The normalized spacial score (nSPS) is 23.5. The average molecular weight is 518 g/mol. The Hall–Kier alpha value is -2.22. The number of hydrogen-bond acceptors (Lipinski definition) is 5. The Labute approximate surface area is 219 Å². The van der Waals surface area contributed by atoms with Gasteiger partial charge in [0.25, 0.3) is 0 Å². The number of rotatable bonds is 14. The van der Waals surface area contributed by atoms with Gasteiger partial charge in [-0.3, -0.25) is 0 Å². The van der Waals surface area contributed by atoms with Crippen molar-refractivity contribution in [1.82, 2.24) is 5.32 Å². The molecule has 0 bridgehead atoms. The van der Waals surface area contributed by atoms with Gasteiger partial charge in [0.05, 0.1) is 38.6 Å². The van der Waals surface area contributed by atoms with Crippen molar-refractivity contribution in [2.75, 3.05) is 27.3 Å². The number of halogens is 2. The van der Waals surface area contributed by atoms with Gasteiger partial charge in [0.1, 0.15) is 23.1 Å². The lowest BCUT2D eigenvalue weighted by Crippen LogP contribution is -2.25. The molecule has 4 rings (SSSR count). The first-order valence-electron chi connectivity index (χ1n) is 13.7. The molecule has 0 saturated carbocycles. The molecule has 1 N–H and O–H groups in total. The lowest BCUT2D eigenvalue weighted by atomic mass is 10.0. The van der Waals surface area contributed by atoms with E-state index in [1.54, 1.807) is 38.5 Å². The zero-order valence-corrected chi connectivity index (χ0v) is 22.1. The molecule has 0 aliphatic carbocycles. The number of ether oxygens (including phenoxy) is 4. The number of methoxy groups -OCH3 is 2. The molecule has 37 heavy (non-hydrogen) atoms. The summed E-state index contributed by atoms with van der Waals surface area (Å²) in [5.41, 5.74) is 1.81. The van der Waals surface area contributed by atoms with Crippen molar-refractivity contribution in [3.05, 3.63) is 59.2 Å². The van der Waals surface area contributed by atoms with E-state index in [1.165, 1.54) is 12.1 Å². The average Bonchev–Trinajstić information content (AvgIpc) is 3.55. The zero-order chi connectivity index (χ0) is 26.0. The van der Waals surface area contributed by atoms with Crippen LogP contribution < -0.4 is 14.8 Å². The van der Waals surface area contributed by atoms with E-state index >= 15 is 0 Å². The molecule has 204 valence electrons. The smallest absolute Gasteiger partial charge is 0.123 e. The lowest BCUT2D eigenvalue weighted by molar-refractivity contribution is 0.0331. The van der Waals surface area contributed by atoms with Crippen molar-refractivity contribution >= 4 is 0 Å². The molecule has 0 aromatic heterocycles. The van der Waals surface area contributed by atoms with E-state index < -0.39 is 0 Å². The van der Waals surface area contributed by atoms with Gasteiger partial charge in [-0.2, -0.15) is 0 Å². The maximum Gasteiger partial charge on any atom is 0.123 e. The quantitative estimate of drug-likeness (QED) is 0.311. The molecule has 2 saturated heterocycles. The van der Waals surface area contributed by atoms with Crippen LogP contribution >= 0.6 is 0 Å². The summed E-state index contributed by atoms with van der Waals surface area (Å²) >= 11 is 0. The molecule has 2 heterocycles. The fourth-order valence-electron chi connectivity index (χ4n) is 5.58. The number of hydrogen-bond donors (Lipinski definition) is 1. The molecule has 2 aromatic rings. The molecule has 0 unspecified atom stereocenters. The van der Waals surface area contributed by atoms with Crippen molar-refractivity contribution in [2.24, 2.45) is 0 Å². The Morgan fingerprint density at radius 2 is 1.08 bits per heavy atom. The molecular formula is C30H41F2NO4. The molecule has 2 fully saturated rings. The summed E-state index contributed by atoms with van der Waals surface area (Å²) in [5, 5.41) is 3.55. The van der Waals surface area contributed by atoms with Gasteiger partial charge in [-0.1, -0.05) is 0 Å². The molecule has 2 aliphatic heterocycles. The fourth-order valence-corrected chi connectivity index (χ4v) is 5.58. The van der Waals surface area contributed by atoms with Crippen LogP contribution in [-0.2, 0) is 22.3 Å². The first-order chi connectivity index (χ1) is 18.0. The second-order valence-electron chi connectivity index (χ2n) is 10.2. The third-order valence-corrected chi connectivity index (χ3v) is 7.63. The summed E-state index contributed by atoms with van der Waals surface area (Å²) in [7, 11) is 3.24. The largest absolute Gasteiger partial charge is 0.496 e. The molecule has 5 nitrogen and oxygen atoms in total. The second-order valence-corrected chi connectivity index (χ2v) is 10.2. The highest BCUT2D eigenvalue weighted by atomic mass is 19.1. The molecule has 7 heteroatoms. The van der Waals surface area contributed by atoms with Crippen LogP contribution in [0, 0.1) is 11.6 Å². The maximum absolute atomic E-state index is 13.6. The second kappa shape index (κ2) is 14.1. The summed E-state index contributed by atoms with van der Waals surface area (Å²) in [6.07, 6.45) is 10.6. The molecule has 2 aliphatic rings. The SMILES string of the molecule is COc1ccc(F)cc1CC[C@@H]1CC[C@@H](CCNCC[C@@H]2CC[C@@H](CCc3cc(F)ccc3OC)O2)O1. The highest BCUT2D eigenvalue weighted by Crippen LogP contribution is 2.29. The fraction of sp³-hybridized carbons (Fsp3) is 0.600. The van der Waals surface area contributed by atoms with Crippen molar-refractivity contribution in [1.29, 1.82) is 0 Å². The third-order valence-electron chi connectivity index (χ3n) is 7.63. The van der Waals surface area contributed by atoms with Crippen molar-refractivity contribution in [3.63, 3.8) is 0 Å². The van der Waals surface area contributed by atoms with E-state index in [4.69, 9.17) is 18.9 Å². The molecule has 0 amide bonds. The van der Waals surface area contributed by atoms with Crippen LogP contribution in [0.5, 0.6) is 11.5 Å². The van der Waals surface area contributed by atoms with Gasteiger partial charge in [0.15, 0.2) is 0 Å². The van der Waals surface area contributed by atoms with E-state index in [0.717, 1.165) is 99.9 Å². The van der Waals surface area contributed by atoms with Crippen molar-refractivity contribution in [3.8, 4) is 11.5 Å². The van der Waals surface area contributed by atoms with Crippen molar-refractivity contribution in [2.45, 2.75) is 88.6 Å². The van der Waals surface area contributed by atoms with Crippen LogP contribution in [0.25, 0.3) is 0 Å². The van der Waals surface area contributed by atoms with Crippen molar-refractivity contribution < 1.29 is 27.7 Å². The zero-order valence-electron chi connectivity index (χ0n) is 22.1. The monoisotopic (exact) mass is 517 g/mol. The van der Waals surface area contributed by atoms with Gasteiger partial charge in [-0.15, -0.1) is 0 Å². The van der Waals surface area contributed by atoms with Gasteiger partial charge in [0, 0.05) is 0 Å². The van der Waals surface area contributed by atoms with E-state index in [1.807, 2.05) is 0 Å². The topological polar surface area (TPSA) is 49.0 Å². The summed E-state index contributed by atoms with van der Waals surface area (Å²) in [5.74, 6) is 1.03. The Morgan fingerprint density at radius 1 is 0.676 bits per heavy atom. The minimum Gasteiger partial charge on any atom is -0.496 e. The van der Waals surface area contributed by atoms with Gasteiger partial charge in [-0.05, 0) is 125 Å². The Kier molecular flexibility index (Phi) is 10.6. The molecule has 0 spiro atoms. The summed E-state index contributed by atoms with van der Waals surface area (Å²) in [6.45, 7) is 1.87. The van der Waals surface area contributed by atoms with Crippen LogP contribution in [0.4, 0.5) is 8.78 Å². The Bertz CT molecular complexity index is 911. The van der Waals surface area contributed by atoms with Gasteiger partial charge >= 0.3 is 0 Å². The Balaban J connectivity index is 1.06. The van der Waals surface area contributed by atoms with Crippen LogP contribution in [0.1, 0.15) is 62.5 Å². The molecule has 2 aromatic carbocycles. The van der Waals surface area contributed by atoms with Gasteiger partial charge in [-0.25, -0.2) is 8.78 Å². The van der Waals surface area contributed by atoms with Gasteiger partial charge < -0.3 is 24.3 Å². The Morgan fingerprint density at radius 3 is 1.49 bits per heavy atom. The van der Waals surface area contributed by atoms with Crippen LogP contribution in [0.2, 0.25) is 0 Å². The number of nitrogens with one attached hydrogen (secondary N) is 1. The highest BCUT2D eigenvalue weighted by Gasteiger charge is 2.26. The first-order valence-corrected chi connectivity index (χ1v) is 13.7. The van der Waals surface area contributed by atoms with Crippen LogP contribution in [0.3, 0.4) is 0 Å². The van der Waals surface area contributed by atoms with E-state index in [0.29, 0.717) is 12.2 Å². The van der Waals surface area contributed by atoms with E-state index in [-0.39, 0.29) is 23.8 Å². The summed E-state index contributed by atoms with van der Waals surface area (Å²) in [6, 6.07) is 9.37. The molecule has 0 radical (unpaired) electrons. The first kappa shape index (κ1) is 27.8. The number of benzene rings is 2. The third kappa shape index (κ3) is 8.39. The predicted molar refractivity (Wildman–Crippen MR) is 140 cm³/mol. The van der Waals surface area contributed by atoms with Crippen LogP contribution in [0.15, 0.2) is 36.4 Å². The minimum absolute atomic E-state index is 0.227. The predicted octanol–water partition coefficient (Wildman–Crippen LogP) is 6.01. The summed E-state index contributed by atoms with van der Waals surface area (Å²) < 4.78 is 50.4. The van der Waals surface area contributed by atoms with E-state index in [2.05, 4.69) is 5.32 Å². The van der Waals surface area contributed by atoms with E-state index in [9.17, 15) is 8.78 Å². The standard InChI is InChI=1S/C30H41F2NO4/c1-34-29-13-5-23(31)19-21(29)3-7-25-9-11-27(36-25)15-17-33-18-16-28-12-10-26(37-28)8-4-22-20-24(32)6-14-30(22)35-2/h5-6,13-14,19-20,25-28,33H,3-4,7-12,15-18H2,1-2H3/t25-,26-,27+,28+/m1/s1. The maximum atomic E-state index is 13.6. The molecular weight excluding hydrogens is 476 g/mol. The number of aryl methyl sites for hydroxylation is 2. The summed E-state index contributed by atoms with van der Waals surface area (Å²) in [4.78, 5) is 0. The van der Waals surface area contributed by atoms with Gasteiger partial charge in [0.2, 0.25) is 0 Å². The molecule has 4 atom stereocenters. The minimum atomic E-state index is -0.227. The lowest BCUT2D eigenvalue weighted by Gasteiger charge is -2.16. The highest BCUT2D eigenvalue weighted by molar-refractivity contribution is 5.34. The van der Waals surface area contributed by atoms with Crippen LogP contribution in [-0.4, -0.2) is 51.7 Å².